The van der Waals surface area contributed by atoms with E-state index in [0.29, 0.717) is 0 Å². The maximum Gasteiger partial charge on any atom is 0.0368 e. The van der Waals surface area contributed by atoms with E-state index in [0.717, 1.165) is 5.70 Å². The first kappa shape index (κ1) is 8.15. The predicted octanol–water partition coefficient (Wildman–Crippen LogP) is 2.56. The standard InChI is InChI=1S/C8H13N/c1-4-6-7-8(3)9-5-2/h4-7H,1-3H3/b6-4+,8-7-,9-5?. The van der Waals surface area contributed by atoms with Gasteiger partial charge in [-0.2, -0.15) is 0 Å². The van der Waals surface area contributed by atoms with Crippen LogP contribution in [0.1, 0.15) is 20.8 Å². The van der Waals surface area contributed by atoms with E-state index in [2.05, 4.69) is 4.99 Å². The molecule has 50 valence electrons. The van der Waals surface area contributed by atoms with Gasteiger partial charge >= 0.3 is 0 Å². The van der Waals surface area contributed by atoms with Crippen LogP contribution < -0.4 is 0 Å². The first-order chi connectivity index (χ1) is 4.31. The summed E-state index contributed by atoms with van der Waals surface area (Å²) in [6, 6.07) is 0. The normalized spacial score (nSPS) is 13.9. The molecule has 0 atom stereocenters. The zero-order chi connectivity index (χ0) is 7.11. The maximum absolute atomic E-state index is 4.05. The third-order valence-corrected chi connectivity index (χ3v) is 0.863. The first-order valence-electron chi connectivity index (χ1n) is 3.09. The van der Waals surface area contributed by atoms with Crippen molar-refractivity contribution >= 4 is 6.21 Å². The van der Waals surface area contributed by atoms with Gasteiger partial charge in [0.15, 0.2) is 0 Å². The Morgan fingerprint density at radius 3 is 2.44 bits per heavy atom. The minimum absolute atomic E-state index is 1.04. The number of hydrogen-bond donors (Lipinski definition) is 0. The topological polar surface area (TPSA) is 12.4 Å². The summed E-state index contributed by atoms with van der Waals surface area (Å²) in [5.74, 6) is 0. The van der Waals surface area contributed by atoms with Crippen molar-refractivity contribution in [2.75, 3.05) is 0 Å². The molecule has 0 aliphatic rings. The molecule has 0 amide bonds. The first-order valence-corrected chi connectivity index (χ1v) is 3.09. The van der Waals surface area contributed by atoms with Crippen LogP contribution in [0.25, 0.3) is 0 Å². The molecule has 1 heteroatoms. The molecule has 0 saturated heterocycles. The summed E-state index contributed by atoms with van der Waals surface area (Å²) in [7, 11) is 0. The number of allylic oxidation sites excluding steroid dienone is 4. The van der Waals surface area contributed by atoms with Crippen molar-refractivity contribution in [2.45, 2.75) is 20.8 Å². The van der Waals surface area contributed by atoms with E-state index in [-0.39, 0.29) is 0 Å². The molecule has 0 N–H and O–H groups in total. The number of aliphatic imine (C=N–C) groups is 1. The molecule has 0 aromatic carbocycles. The molecule has 1 nitrogen and oxygen atoms in total. The van der Waals surface area contributed by atoms with Crippen LogP contribution in [0.3, 0.4) is 0 Å². The Labute approximate surface area is 56.8 Å². The summed E-state index contributed by atoms with van der Waals surface area (Å²) >= 11 is 0. The van der Waals surface area contributed by atoms with E-state index in [1.165, 1.54) is 0 Å². The molecule has 0 aliphatic carbocycles. The zero-order valence-corrected chi connectivity index (χ0v) is 6.26. The Kier molecular flexibility index (Phi) is 4.79. The van der Waals surface area contributed by atoms with Gasteiger partial charge < -0.3 is 0 Å². The summed E-state index contributed by atoms with van der Waals surface area (Å²) in [5, 5.41) is 0. The highest BCUT2D eigenvalue weighted by molar-refractivity contribution is 5.55. The van der Waals surface area contributed by atoms with E-state index in [9.17, 15) is 0 Å². The Morgan fingerprint density at radius 2 is 2.00 bits per heavy atom. The lowest BCUT2D eigenvalue weighted by Crippen LogP contribution is -1.66. The van der Waals surface area contributed by atoms with Gasteiger partial charge in [-0.3, -0.25) is 4.99 Å². The van der Waals surface area contributed by atoms with Crippen LogP contribution >= 0.6 is 0 Å². The minimum Gasteiger partial charge on any atom is -0.266 e. The van der Waals surface area contributed by atoms with Crippen LogP contribution in [0.15, 0.2) is 28.9 Å². The van der Waals surface area contributed by atoms with Crippen LogP contribution in [0.2, 0.25) is 0 Å². The molecule has 0 radical (unpaired) electrons. The zero-order valence-electron chi connectivity index (χ0n) is 6.26. The molecule has 0 saturated carbocycles. The molecule has 0 unspecified atom stereocenters. The number of nitrogens with zero attached hydrogens (tertiary/aromatic N) is 1. The third kappa shape index (κ3) is 5.01. The van der Waals surface area contributed by atoms with Crippen LogP contribution in [0, 0.1) is 0 Å². The van der Waals surface area contributed by atoms with E-state index in [1.54, 1.807) is 6.21 Å². The summed E-state index contributed by atoms with van der Waals surface area (Å²) in [6.07, 6.45) is 7.71. The molecule has 0 fully saturated rings. The molecule has 0 bridgehead atoms. The molecule has 9 heavy (non-hydrogen) atoms. The minimum atomic E-state index is 1.04. The lowest BCUT2D eigenvalue weighted by molar-refractivity contribution is 1.31. The lowest BCUT2D eigenvalue weighted by atomic mass is 10.4. The van der Waals surface area contributed by atoms with Crippen molar-refractivity contribution in [1.29, 1.82) is 0 Å². The van der Waals surface area contributed by atoms with Gasteiger partial charge in [0.2, 0.25) is 0 Å². The van der Waals surface area contributed by atoms with Gasteiger partial charge in [-0.25, -0.2) is 0 Å². The second kappa shape index (κ2) is 5.29. The van der Waals surface area contributed by atoms with Crippen LogP contribution in [0.4, 0.5) is 0 Å². The van der Waals surface area contributed by atoms with Crippen molar-refractivity contribution in [3.8, 4) is 0 Å². The van der Waals surface area contributed by atoms with Gasteiger partial charge in [0.05, 0.1) is 0 Å². The highest BCUT2D eigenvalue weighted by atomic mass is 14.7. The Balaban J connectivity index is 3.84. The average molecular weight is 123 g/mol. The van der Waals surface area contributed by atoms with Crippen LogP contribution in [-0.2, 0) is 0 Å². The Morgan fingerprint density at radius 1 is 1.33 bits per heavy atom. The van der Waals surface area contributed by atoms with E-state index in [1.807, 2.05) is 39.0 Å². The van der Waals surface area contributed by atoms with Crippen LogP contribution in [0.5, 0.6) is 0 Å². The largest absolute Gasteiger partial charge is 0.266 e. The predicted molar refractivity (Wildman–Crippen MR) is 42.7 cm³/mol. The van der Waals surface area contributed by atoms with Gasteiger partial charge in [-0.1, -0.05) is 12.2 Å². The van der Waals surface area contributed by atoms with Crippen molar-refractivity contribution < 1.29 is 0 Å². The van der Waals surface area contributed by atoms with Crippen molar-refractivity contribution in [3.05, 3.63) is 23.9 Å². The smallest absolute Gasteiger partial charge is 0.0368 e. The van der Waals surface area contributed by atoms with E-state index >= 15 is 0 Å². The quantitative estimate of drug-likeness (QED) is 0.395. The highest BCUT2D eigenvalue weighted by Gasteiger charge is 1.73. The Hall–Kier alpha value is -0.850. The van der Waals surface area contributed by atoms with Gasteiger partial charge in [0.1, 0.15) is 0 Å². The molecule has 0 rings (SSSR count). The van der Waals surface area contributed by atoms with E-state index < -0.39 is 0 Å². The molecule has 0 aromatic heterocycles. The lowest BCUT2D eigenvalue weighted by Gasteiger charge is -1.83. The van der Waals surface area contributed by atoms with Gasteiger partial charge in [0.25, 0.3) is 0 Å². The molecule has 0 aromatic rings. The van der Waals surface area contributed by atoms with Gasteiger partial charge in [-0.15, -0.1) is 0 Å². The second-order valence-electron chi connectivity index (χ2n) is 1.72. The molecular formula is C8H13N. The molecule has 0 heterocycles. The third-order valence-electron chi connectivity index (χ3n) is 0.863. The fourth-order valence-corrected chi connectivity index (χ4v) is 0.482. The average Bonchev–Trinajstić information content (AvgIpc) is 1.85. The maximum atomic E-state index is 4.05. The van der Waals surface area contributed by atoms with Gasteiger partial charge in [-0.05, 0) is 26.8 Å². The molecular weight excluding hydrogens is 110 g/mol. The van der Waals surface area contributed by atoms with E-state index in [4.69, 9.17) is 0 Å². The van der Waals surface area contributed by atoms with Crippen LogP contribution in [-0.4, -0.2) is 6.21 Å². The number of hydrogen-bond acceptors (Lipinski definition) is 1. The Bertz CT molecular complexity index is 141. The number of rotatable bonds is 2. The fraction of sp³-hybridized carbons (Fsp3) is 0.375. The molecule has 0 aliphatic heterocycles. The summed E-state index contributed by atoms with van der Waals surface area (Å²) in [6.45, 7) is 5.87. The summed E-state index contributed by atoms with van der Waals surface area (Å²) in [5.41, 5.74) is 1.04. The summed E-state index contributed by atoms with van der Waals surface area (Å²) < 4.78 is 0. The van der Waals surface area contributed by atoms with Crippen molar-refractivity contribution in [1.82, 2.24) is 0 Å². The SMILES string of the molecule is CC=N/C(C)=C\C=C\C. The second-order valence-corrected chi connectivity index (χ2v) is 1.72. The van der Waals surface area contributed by atoms with Crippen molar-refractivity contribution in [2.24, 2.45) is 4.99 Å². The van der Waals surface area contributed by atoms with Gasteiger partial charge in [0, 0.05) is 11.9 Å². The monoisotopic (exact) mass is 123 g/mol. The highest BCUT2D eigenvalue weighted by Crippen LogP contribution is 1.92. The van der Waals surface area contributed by atoms with Crippen molar-refractivity contribution in [3.63, 3.8) is 0 Å². The summed E-state index contributed by atoms with van der Waals surface area (Å²) in [4.78, 5) is 4.05. The fourth-order valence-electron chi connectivity index (χ4n) is 0.482. The molecule has 0 spiro atoms.